The molecule has 0 saturated heterocycles. The van der Waals surface area contributed by atoms with Crippen LogP contribution in [-0.4, -0.2) is 44.7 Å². The molecule has 2 aromatic rings. The van der Waals surface area contributed by atoms with Gasteiger partial charge >= 0.3 is 5.97 Å². The Balaban J connectivity index is 1.96. The van der Waals surface area contributed by atoms with Gasteiger partial charge in [0, 0.05) is 35.3 Å². The molecule has 1 aliphatic heterocycles. The summed E-state index contributed by atoms with van der Waals surface area (Å²) in [4.78, 5) is 26.9. The number of rotatable bonds is 5. The second-order valence-corrected chi connectivity index (χ2v) is 6.61. The van der Waals surface area contributed by atoms with Crippen molar-refractivity contribution in [1.82, 2.24) is 4.90 Å². The zero-order valence-corrected chi connectivity index (χ0v) is 16.1. The van der Waals surface area contributed by atoms with Crippen LogP contribution in [0.1, 0.15) is 27.4 Å². The SMILES string of the molecule is COC(=O)C1CN(Cc2ccc(OC)cc2OC)C(=O)c2ccc(Cl)cc21. The maximum absolute atomic E-state index is 13.0. The summed E-state index contributed by atoms with van der Waals surface area (Å²) in [7, 11) is 4.47. The minimum atomic E-state index is -0.592. The number of amides is 1. The highest BCUT2D eigenvalue weighted by Gasteiger charge is 2.36. The van der Waals surface area contributed by atoms with E-state index in [-0.39, 0.29) is 12.5 Å². The standard InChI is InChI=1S/C20H20ClNO5/c1-25-14-6-4-12(18(9-14)26-2)10-22-11-17(20(24)27-3)16-8-13(21)5-7-15(16)19(22)23/h4-9,17H,10-11H2,1-3H3. The van der Waals surface area contributed by atoms with E-state index >= 15 is 0 Å². The Morgan fingerprint density at radius 2 is 1.93 bits per heavy atom. The third-order valence-corrected chi connectivity index (χ3v) is 4.89. The first-order valence-electron chi connectivity index (χ1n) is 8.36. The maximum atomic E-state index is 13.0. The fraction of sp³-hybridized carbons (Fsp3) is 0.300. The average molecular weight is 390 g/mol. The molecule has 0 radical (unpaired) electrons. The van der Waals surface area contributed by atoms with Gasteiger partial charge in [0.15, 0.2) is 0 Å². The highest BCUT2D eigenvalue weighted by Crippen LogP contribution is 2.34. The van der Waals surface area contributed by atoms with E-state index in [1.54, 1.807) is 49.5 Å². The first-order valence-corrected chi connectivity index (χ1v) is 8.73. The van der Waals surface area contributed by atoms with Crippen molar-refractivity contribution in [2.24, 2.45) is 0 Å². The van der Waals surface area contributed by atoms with Crippen LogP contribution in [-0.2, 0) is 16.1 Å². The van der Waals surface area contributed by atoms with E-state index in [4.69, 9.17) is 25.8 Å². The number of nitrogens with zero attached hydrogens (tertiary/aromatic N) is 1. The van der Waals surface area contributed by atoms with E-state index < -0.39 is 11.9 Å². The second-order valence-electron chi connectivity index (χ2n) is 6.17. The van der Waals surface area contributed by atoms with Crippen molar-refractivity contribution in [2.45, 2.75) is 12.5 Å². The predicted octanol–water partition coefficient (Wildman–Crippen LogP) is 3.27. The molecule has 2 aromatic carbocycles. The molecule has 0 bridgehead atoms. The van der Waals surface area contributed by atoms with Gasteiger partial charge in [-0.1, -0.05) is 11.6 Å². The highest BCUT2D eigenvalue weighted by atomic mass is 35.5. The van der Waals surface area contributed by atoms with Crippen LogP contribution in [0.2, 0.25) is 5.02 Å². The van der Waals surface area contributed by atoms with Crippen LogP contribution < -0.4 is 9.47 Å². The summed E-state index contributed by atoms with van der Waals surface area (Å²) in [6, 6.07) is 10.3. The molecule has 0 fully saturated rings. The summed E-state index contributed by atoms with van der Waals surface area (Å²) < 4.78 is 15.6. The monoisotopic (exact) mass is 389 g/mol. The summed E-state index contributed by atoms with van der Waals surface area (Å²) in [5.41, 5.74) is 1.86. The van der Waals surface area contributed by atoms with E-state index in [9.17, 15) is 9.59 Å². The van der Waals surface area contributed by atoms with Gasteiger partial charge < -0.3 is 19.1 Å². The molecule has 0 saturated carbocycles. The molecule has 0 aromatic heterocycles. The number of fused-ring (bicyclic) bond motifs is 1. The van der Waals surface area contributed by atoms with Gasteiger partial charge in [-0.3, -0.25) is 9.59 Å². The van der Waals surface area contributed by atoms with Crippen LogP contribution in [0, 0.1) is 0 Å². The molecule has 7 heteroatoms. The Bertz CT molecular complexity index is 883. The molecular formula is C20H20ClNO5. The minimum Gasteiger partial charge on any atom is -0.497 e. The Kier molecular flexibility index (Phi) is 5.56. The lowest BCUT2D eigenvalue weighted by Gasteiger charge is -2.33. The lowest BCUT2D eigenvalue weighted by Crippen LogP contribution is -2.42. The molecule has 1 heterocycles. The number of ether oxygens (including phenoxy) is 3. The van der Waals surface area contributed by atoms with Crippen molar-refractivity contribution in [3.05, 3.63) is 58.1 Å². The first kappa shape index (κ1) is 19.0. The molecule has 27 heavy (non-hydrogen) atoms. The molecule has 0 spiro atoms. The Morgan fingerprint density at radius 1 is 1.15 bits per heavy atom. The number of esters is 1. The summed E-state index contributed by atoms with van der Waals surface area (Å²) in [6.45, 7) is 0.496. The number of carbonyl (C=O) groups is 2. The lowest BCUT2D eigenvalue weighted by atomic mass is 9.89. The van der Waals surface area contributed by atoms with Gasteiger partial charge in [-0.25, -0.2) is 0 Å². The van der Waals surface area contributed by atoms with Gasteiger partial charge in [0.2, 0.25) is 0 Å². The van der Waals surface area contributed by atoms with Gasteiger partial charge in [-0.15, -0.1) is 0 Å². The Hall–Kier alpha value is -2.73. The van der Waals surface area contributed by atoms with E-state index in [0.717, 1.165) is 5.56 Å². The molecule has 1 atom stereocenters. The number of methoxy groups -OCH3 is 3. The highest BCUT2D eigenvalue weighted by molar-refractivity contribution is 6.30. The van der Waals surface area contributed by atoms with Crippen molar-refractivity contribution < 1.29 is 23.8 Å². The number of hydrogen-bond donors (Lipinski definition) is 0. The third kappa shape index (κ3) is 3.71. The molecule has 1 amide bonds. The molecular weight excluding hydrogens is 370 g/mol. The Morgan fingerprint density at radius 3 is 2.59 bits per heavy atom. The third-order valence-electron chi connectivity index (χ3n) is 4.65. The Labute approximate surface area is 162 Å². The number of hydrogen-bond acceptors (Lipinski definition) is 5. The molecule has 0 aliphatic carbocycles. The average Bonchev–Trinajstić information content (AvgIpc) is 2.69. The van der Waals surface area contributed by atoms with Crippen LogP contribution in [0.25, 0.3) is 0 Å². The van der Waals surface area contributed by atoms with Crippen LogP contribution >= 0.6 is 11.6 Å². The quantitative estimate of drug-likeness (QED) is 0.734. The van der Waals surface area contributed by atoms with E-state index in [1.807, 2.05) is 6.07 Å². The smallest absolute Gasteiger partial charge is 0.314 e. The zero-order valence-electron chi connectivity index (χ0n) is 15.3. The normalized spacial score (nSPS) is 15.9. The molecule has 3 rings (SSSR count). The number of halogens is 1. The topological polar surface area (TPSA) is 65.1 Å². The summed E-state index contributed by atoms with van der Waals surface area (Å²) in [6.07, 6.45) is 0. The van der Waals surface area contributed by atoms with Gasteiger partial charge in [0.1, 0.15) is 17.4 Å². The largest absolute Gasteiger partial charge is 0.497 e. The molecule has 1 aliphatic rings. The van der Waals surface area contributed by atoms with E-state index in [2.05, 4.69) is 0 Å². The molecule has 0 N–H and O–H groups in total. The summed E-state index contributed by atoms with van der Waals surface area (Å²) >= 11 is 6.07. The van der Waals surface area contributed by atoms with E-state index in [1.165, 1.54) is 7.11 Å². The molecule has 6 nitrogen and oxygen atoms in total. The van der Waals surface area contributed by atoms with Gasteiger partial charge in [0.05, 0.1) is 21.3 Å². The fourth-order valence-corrected chi connectivity index (χ4v) is 3.44. The second kappa shape index (κ2) is 7.88. The van der Waals surface area contributed by atoms with Crippen molar-refractivity contribution in [2.75, 3.05) is 27.9 Å². The first-order chi connectivity index (χ1) is 13.0. The van der Waals surface area contributed by atoms with Crippen LogP contribution in [0.4, 0.5) is 0 Å². The zero-order chi connectivity index (χ0) is 19.6. The van der Waals surface area contributed by atoms with Crippen LogP contribution in [0.15, 0.2) is 36.4 Å². The lowest BCUT2D eigenvalue weighted by molar-refractivity contribution is -0.142. The van der Waals surface area contributed by atoms with Crippen molar-refractivity contribution in [3.8, 4) is 11.5 Å². The number of benzene rings is 2. The molecule has 1 unspecified atom stereocenters. The van der Waals surface area contributed by atoms with Gasteiger partial charge in [-0.2, -0.15) is 0 Å². The fourth-order valence-electron chi connectivity index (χ4n) is 3.26. The maximum Gasteiger partial charge on any atom is 0.314 e. The van der Waals surface area contributed by atoms with Crippen molar-refractivity contribution in [1.29, 1.82) is 0 Å². The van der Waals surface area contributed by atoms with E-state index in [0.29, 0.717) is 34.2 Å². The minimum absolute atomic E-state index is 0.167. The van der Waals surface area contributed by atoms with Crippen molar-refractivity contribution >= 4 is 23.5 Å². The van der Waals surface area contributed by atoms with Gasteiger partial charge in [-0.05, 0) is 35.9 Å². The van der Waals surface area contributed by atoms with Crippen molar-refractivity contribution in [3.63, 3.8) is 0 Å². The number of carbonyl (C=O) groups excluding carboxylic acids is 2. The summed E-state index contributed by atoms with van der Waals surface area (Å²) in [5.74, 6) is 0.106. The summed E-state index contributed by atoms with van der Waals surface area (Å²) in [5, 5.41) is 0.473. The predicted molar refractivity (Wildman–Crippen MR) is 100 cm³/mol. The van der Waals surface area contributed by atoms with Crippen LogP contribution in [0.3, 0.4) is 0 Å². The molecule has 142 valence electrons. The van der Waals surface area contributed by atoms with Gasteiger partial charge in [0.25, 0.3) is 5.91 Å². The van der Waals surface area contributed by atoms with Crippen LogP contribution in [0.5, 0.6) is 11.5 Å².